The fraction of sp³-hybridized carbons (Fsp3) is 0.333. The first-order chi connectivity index (χ1) is 7.90. The molecule has 92 valence electrons. The van der Waals surface area contributed by atoms with Gasteiger partial charge in [0.15, 0.2) is 9.84 Å². The molecule has 5 heteroatoms. The summed E-state index contributed by atoms with van der Waals surface area (Å²) in [4.78, 5) is 0. The summed E-state index contributed by atoms with van der Waals surface area (Å²) in [6.07, 6.45) is 1.38. The molecule has 0 atom stereocenters. The number of halogens is 1. The molecule has 0 bridgehead atoms. The van der Waals surface area contributed by atoms with Crippen LogP contribution in [0.3, 0.4) is 0 Å². The molecule has 1 aromatic carbocycles. The minimum absolute atomic E-state index is 0.0801. The highest BCUT2D eigenvalue weighted by Crippen LogP contribution is 2.24. The molecule has 1 heterocycles. The fourth-order valence-electron chi connectivity index (χ4n) is 1.55. The second-order valence-corrected chi connectivity index (χ2v) is 6.81. The average molecular weight is 256 g/mol. The third-order valence-corrected chi connectivity index (χ3v) is 4.84. The van der Waals surface area contributed by atoms with Gasteiger partial charge < -0.3 is 4.42 Å². The van der Waals surface area contributed by atoms with E-state index in [2.05, 4.69) is 0 Å². The van der Waals surface area contributed by atoms with Gasteiger partial charge in [-0.15, -0.1) is 0 Å². The molecule has 2 aromatic rings. The van der Waals surface area contributed by atoms with Crippen LogP contribution in [0.2, 0.25) is 0 Å². The van der Waals surface area contributed by atoms with Gasteiger partial charge in [0.1, 0.15) is 11.4 Å². The van der Waals surface area contributed by atoms with Gasteiger partial charge in [-0.05, 0) is 26.0 Å². The molecule has 0 N–H and O–H groups in total. The van der Waals surface area contributed by atoms with Gasteiger partial charge in [0, 0.05) is 17.0 Å². The Morgan fingerprint density at radius 1 is 1.35 bits per heavy atom. The molecule has 0 saturated heterocycles. The van der Waals surface area contributed by atoms with Crippen LogP contribution in [-0.4, -0.2) is 13.7 Å². The fourth-order valence-corrected chi connectivity index (χ4v) is 2.54. The van der Waals surface area contributed by atoms with Crippen LogP contribution in [0.4, 0.5) is 4.39 Å². The third kappa shape index (κ3) is 2.34. The molecular weight excluding hydrogens is 243 g/mol. The van der Waals surface area contributed by atoms with Gasteiger partial charge in [0.2, 0.25) is 0 Å². The van der Waals surface area contributed by atoms with Gasteiger partial charge in [-0.2, -0.15) is 0 Å². The number of hydrogen-bond donors (Lipinski definition) is 0. The van der Waals surface area contributed by atoms with Crippen molar-refractivity contribution in [2.45, 2.75) is 24.9 Å². The van der Waals surface area contributed by atoms with Crippen LogP contribution in [0.1, 0.15) is 19.4 Å². The van der Waals surface area contributed by atoms with Crippen LogP contribution in [0.15, 0.2) is 28.9 Å². The molecule has 0 amide bonds. The summed E-state index contributed by atoms with van der Waals surface area (Å²) in [5, 5.41) is 0.212. The molecule has 0 saturated carbocycles. The van der Waals surface area contributed by atoms with E-state index in [1.807, 2.05) is 0 Å². The lowest BCUT2D eigenvalue weighted by Crippen LogP contribution is -2.15. The van der Waals surface area contributed by atoms with Crippen LogP contribution in [0.25, 0.3) is 11.0 Å². The first kappa shape index (κ1) is 12.1. The molecule has 0 aliphatic rings. The van der Waals surface area contributed by atoms with Gasteiger partial charge in [-0.1, -0.05) is 0 Å². The zero-order valence-electron chi connectivity index (χ0n) is 9.60. The number of benzene rings is 1. The Balaban J connectivity index is 2.45. The molecular formula is C12H13FO3S. The van der Waals surface area contributed by atoms with E-state index >= 15 is 0 Å². The Bertz CT molecular complexity index is 641. The predicted molar refractivity (Wildman–Crippen MR) is 63.9 cm³/mol. The summed E-state index contributed by atoms with van der Waals surface area (Å²) in [7, 11) is -3.18. The van der Waals surface area contributed by atoms with E-state index in [0.29, 0.717) is 16.5 Å². The maximum absolute atomic E-state index is 12.9. The van der Waals surface area contributed by atoms with E-state index in [4.69, 9.17) is 4.42 Å². The highest BCUT2D eigenvalue weighted by molar-refractivity contribution is 7.91. The van der Waals surface area contributed by atoms with Crippen molar-refractivity contribution in [3.63, 3.8) is 0 Å². The van der Waals surface area contributed by atoms with Crippen LogP contribution in [-0.2, 0) is 15.6 Å². The topological polar surface area (TPSA) is 47.3 Å². The minimum Gasteiger partial charge on any atom is -0.464 e. The molecule has 0 aliphatic carbocycles. The van der Waals surface area contributed by atoms with Crippen molar-refractivity contribution < 1.29 is 17.2 Å². The van der Waals surface area contributed by atoms with E-state index in [1.165, 1.54) is 18.4 Å². The van der Waals surface area contributed by atoms with Crippen molar-refractivity contribution in [3.05, 3.63) is 35.8 Å². The van der Waals surface area contributed by atoms with Crippen LogP contribution >= 0.6 is 0 Å². The number of fused-ring (bicyclic) bond motifs is 1. The van der Waals surface area contributed by atoms with E-state index in [0.717, 1.165) is 0 Å². The predicted octanol–water partition coefficient (Wildman–Crippen LogP) is 2.90. The number of hydrogen-bond acceptors (Lipinski definition) is 3. The van der Waals surface area contributed by atoms with E-state index < -0.39 is 20.9 Å². The molecule has 0 fully saturated rings. The maximum Gasteiger partial charge on any atom is 0.156 e. The molecule has 1 aromatic heterocycles. The van der Waals surface area contributed by atoms with Crippen molar-refractivity contribution in [2.24, 2.45) is 0 Å². The first-order valence-electron chi connectivity index (χ1n) is 5.27. The van der Waals surface area contributed by atoms with Crippen molar-refractivity contribution in [3.8, 4) is 0 Å². The second kappa shape index (κ2) is 4.14. The van der Waals surface area contributed by atoms with Crippen molar-refractivity contribution in [1.82, 2.24) is 0 Å². The summed E-state index contributed by atoms with van der Waals surface area (Å²) < 4.78 is 41.7. The highest BCUT2D eigenvalue weighted by atomic mass is 32.2. The summed E-state index contributed by atoms with van der Waals surface area (Å²) in [6.45, 7) is 3.27. The minimum atomic E-state index is -3.18. The van der Waals surface area contributed by atoms with Crippen molar-refractivity contribution in [2.75, 3.05) is 0 Å². The lowest BCUT2D eigenvalue weighted by atomic mass is 10.2. The number of rotatable bonds is 3. The standard InChI is InChI=1S/C12H13FO3S/c1-8(2)17(14,15)7-9-6-16-12-5-10(13)3-4-11(9)12/h3-6,8H,7H2,1-2H3. The Morgan fingerprint density at radius 2 is 2.06 bits per heavy atom. The van der Waals surface area contributed by atoms with Crippen molar-refractivity contribution >= 4 is 20.8 Å². The zero-order valence-corrected chi connectivity index (χ0v) is 10.4. The van der Waals surface area contributed by atoms with Gasteiger partial charge in [0.05, 0.1) is 17.3 Å². The largest absolute Gasteiger partial charge is 0.464 e. The Kier molecular flexibility index (Phi) is 2.95. The van der Waals surface area contributed by atoms with Crippen LogP contribution in [0.5, 0.6) is 0 Å². The van der Waals surface area contributed by atoms with Gasteiger partial charge in [0.25, 0.3) is 0 Å². The van der Waals surface area contributed by atoms with Gasteiger partial charge >= 0.3 is 0 Å². The summed E-state index contributed by atoms with van der Waals surface area (Å²) in [6, 6.07) is 4.09. The Labute approximate surface area is 99.2 Å². The van der Waals surface area contributed by atoms with E-state index in [1.54, 1.807) is 19.9 Å². The molecule has 0 spiro atoms. The normalized spacial score (nSPS) is 12.5. The van der Waals surface area contributed by atoms with Crippen molar-refractivity contribution in [1.29, 1.82) is 0 Å². The van der Waals surface area contributed by atoms with Crippen LogP contribution < -0.4 is 0 Å². The van der Waals surface area contributed by atoms with E-state index in [-0.39, 0.29) is 5.75 Å². The lowest BCUT2D eigenvalue weighted by Gasteiger charge is -2.05. The van der Waals surface area contributed by atoms with Crippen LogP contribution in [0, 0.1) is 5.82 Å². The smallest absolute Gasteiger partial charge is 0.156 e. The monoisotopic (exact) mass is 256 g/mol. The third-order valence-electron chi connectivity index (χ3n) is 2.69. The lowest BCUT2D eigenvalue weighted by molar-refractivity contribution is 0.582. The molecule has 17 heavy (non-hydrogen) atoms. The second-order valence-electron chi connectivity index (χ2n) is 4.26. The molecule has 0 aliphatic heterocycles. The number of furan rings is 1. The SMILES string of the molecule is CC(C)S(=O)(=O)Cc1coc2cc(F)ccc12. The molecule has 2 rings (SSSR count). The molecule has 0 unspecified atom stereocenters. The number of sulfone groups is 1. The molecule has 3 nitrogen and oxygen atoms in total. The molecule has 0 radical (unpaired) electrons. The average Bonchev–Trinajstić information content (AvgIpc) is 2.60. The zero-order chi connectivity index (χ0) is 12.6. The quantitative estimate of drug-likeness (QED) is 0.848. The summed E-state index contributed by atoms with van der Waals surface area (Å²) in [5.41, 5.74) is 0.952. The Hall–Kier alpha value is -1.36. The Morgan fingerprint density at radius 3 is 2.71 bits per heavy atom. The summed E-state index contributed by atoms with van der Waals surface area (Å²) in [5.74, 6) is -0.478. The highest BCUT2D eigenvalue weighted by Gasteiger charge is 2.19. The van der Waals surface area contributed by atoms with Gasteiger partial charge in [-0.3, -0.25) is 0 Å². The van der Waals surface area contributed by atoms with E-state index in [9.17, 15) is 12.8 Å². The van der Waals surface area contributed by atoms with Gasteiger partial charge in [-0.25, -0.2) is 12.8 Å². The summed E-state index contributed by atoms with van der Waals surface area (Å²) >= 11 is 0. The maximum atomic E-state index is 12.9. The first-order valence-corrected chi connectivity index (χ1v) is 6.99.